The van der Waals surface area contributed by atoms with Gasteiger partial charge in [-0.1, -0.05) is 30.0 Å². The summed E-state index contributed by atoms with van der Waals surface area (Å²) in [5.41, 5.74) is 2.15. The molecule has 0 saturated carbocycles. The van der Waals surface area contributed by atoms with E-state index >= 15 is 0 Å². The summed E-state index contributed by atoms with van der Waals surface area (Å²) in [6.45, 7) is 3.13. The topological polar surface area (TPSA) is 102 Å². The number of para-hydroxylation sites is 2. The van der Waals surface area contributed by atoms with Crippen molar-refractivity contribution < 1.29 is 14.3 Å². The quantitative estimate of drug-likeness (QED) is 0.540. The van der Waals surface area contributed by atoms with Crippen LogP contribution >= 0.6 is 11.8 Å². The molecule has 1 N–H and O–H groups in total. The van der Waals surface area contributed by atoms with E-state index in [-0.39, 0.29) is 17.6 Å². The number of benzene rings is 2. The molecular weight excluding hydrogens is 416 g/mol. The van der Waals surface area contributed by atoms with Crippen molar-refractivity contribution in [1.29, 1.82) is 0 Å². The maximum absolute atomic E-state index is 12.5. The third-order valence-electron chi connectivity index (χ3n) is 4.68. The van der Waals surface area contributed by atoms with E-state index in [1.54, 1.807) is 15.6 Å². The van der Waals surface area contributed by atoms with Crippen LogP contribution in [-0.2, 0) is 9.59 Å². The molecule has 10 heteroatoms. The lowest BCUT2D eigenvalue weighted by Gasteiger charge is -2.16. The maximum Gasteiger partial charge on any atom is 0.234 e. The van der Waals surface area contributed by atoms with Gasteiger partial charge in [-0.2, -0.15) is 4.68 Å². The molecule has 160 valence electrons. The van der Waals surface area contributed by atoms with Crippen LogP contribution in [0.4, 0.5) is 11.4 Å². The predicted molar refractivity (Wildman–Crippen MR) is 118 cm³/mol. The number of nitrogens with zero attached hydrogens (tertiary/aromatic N) is 5. The fraction of sp³-hybridized carbons (Fsp3) is 0.286. The van der Waals surface area contributed by atoms with Gasteiger partial charge in [-0.25, -0.2) is 0 Å². The lowest BCUT2D eigenvalue weighted by Crippen LogP contribution is -2.23. The van der Waals surface area contributed by atoms with Crippen molar-refractivity contribution in [2.75, 3.05) is 29.1 Å². The van der Waals surface area contributed by atoms with E-state index in [0.29, 0.717) is 41.9 Å². The van der Waals surface area contributed by atoms with Crippen LogP contribution in [0, 0.1) is 0 Å². The van der Waals surface area contributed by atoms with Gasteiger partial charge in [0, 0.05) is 24.3 Å². The van der Waals surface area contributed by atoms with Crippen LogP contribution in [0.3, 0.4) is 0 Å². The van der Waals surface area contributed by atoms with Gasteiger partial charge in [-0.3, -0.25) is 9.59 Å². The number of rotatable bonds is 8. The van der Waals surface area contributed by atoms with E-state index in [1.165, 1.54) is 11.8 Å². The molecule has 2 amide bonds. The molecule has 9 nitrogen and oxygen atoms in total. The largest absolute Gasteiger partial charge is 0.492 e. The molecule has 2 heterocycles. The van der Waals surface area contributed by atoms with E-state index in [2.05, 4.69) is 20.8 Å². The van der Waals surface area contributed by atoms with Crippen LogP contribution in [0.1, 0.15) is 19.8 Å². The number of thioether (sulfide) groups is 1. The molecular formula is C21H22N6O3S. The van der Waals surface area contributed by atoms with Gasteiger partial charge in [0.15, 0.2) is 0 Å². The molecule has 1 aromatic heterocycles. The average molecular weight is 439 g/mol. The van der Waals surface area contributed by atoms with Crippen molar-refractivity contribution in [2.45, 2.75) is 24.9 Å². The standard InChI is InChI=1S/C21H22N6O3S/c1-2-30-18-10-4-3-9-17(18)27-21(23-24-25-27)31-14-19(28)22-15-7-5-8-16(13-15)26-12-6-11-20(26)29/h3-5,7-10,13H,2,6,11-12,14H2,1H3,(H,22,28). The Bertz CT molecular complexity index is 1090. The lowest BCUT2D eigenvalue weighted by molar-refractivity contribution is -0.117. The summed E-state index contributed by atoms with van der Waals surface area (Å²) in [5, 5.41) is 15.2. The second kappa shape index (κ2) is 9.61. The molecule has 0 bridgehead atoms. The first kappa shape index (κ1) is 20.9. The van der Waals surface area contributed by atoms with Crippen molar-refractivity contribution in [2.24, 2.45) is 0 Å². The van der Waals surface area contributed by atoms with Crippen LogP contribution in [0.25, 0.3) is 5.69 Å². The van der Waals surface area contributed by atoms with E-state index in [0.717, 1.165) is 12.1 Å². The molecule has 0 radical (unpaired) electrons. The van der Waals surface area contributed by atoms with Gasteiger partial charge in [-0.05, 0) is 54.1 Å². The Balaban J connectivity index is 1.41. The fourth-order valence-corrected chi connectivity index (χ4v) is 4.01. The van der Waals surface area contributed by atoms with Crippen molar-refractivity contribution in [3.63, 3.8) is 0 Å². The highest BCUT2D eigenvalue weighted by molar-refractivity contribution is 7.99. The van der Waals surface area contributed by atoms with E-state index in [4.69, 9.17) is 4.74 Å². The smallest absolute Gasteiger partial charge is 0.234 e. The summed E-state index contributed by atoms with van der Waals surface area (Å²) in [4.78, 5) is 26.2. The maximum atomic E-state index is 12.5. The van der Waals surface area contributed by atoms with Gasteiger partial charge in [0.2, 0.25) is 17.0 Å². The molecule has 2 aromatic carbocycles. The Morgan fingerprint density at radius 3 is 2.90 bits per heavy atom. The van der Waals surface area contributed by atoms with Gasteiger partial charge in [-0.15, -0.1) is 5.10 Å². The summed E-state index contributed by atoms with van der Waals surface area (Å²) >= 11 is 1.23. The SMILES string of the molecule is CCOc1ccccc1-n1nnnc1SCC(=O)Nc1cccc(N2CCCC2=O)c1. The van der Waals surface area contributed by atoms with E-state index in [9.17, 15) is 9.59 Å². The molecule has 1 saturated heterocycles. The zero-order valence-corrected chi connectivity index (χ0v) is 17.8. The van der Waals surface area contributed by atoms with Crippen LogP contribution in [0.2, 0.25) is 0 Å². The Kier molecular flexibility index (Phi) is 6.46. The summed E-state index contributed by atoms with van der Waals surface area (Å²) in [6, 6.07) is 14.8. The van der Waals surface area contributed by atoms with E-state index < -0.39 is 0 Å². The highest BCUT2D eigenvalue weighted by Crippen LogP contribution is 2.27. The Morgan fingerprint density at radius 1 is 1.23 bits per heavy atom. The third-order valence-corrected chi connectivity index (χ3v) is 5.60. The van der Waals surface area contributed by atoms with Crippen LogP contribution in [0.5, 0.6) is 5.75 Å². The number of hydrogen-bond acceptors (Lipinski definition) is 7. The molecule has 3 aromatic rings. The molecule has 0 atom stereocenters. The fourth-order valence-electron chi connectivity index (χ4n) is 3.33. The van der Waals surface area contributed by atoms with Gasteiger partial charge in [0.25, 0.3) is 0 Å². The van der Waals surface area contributed by atoms with Gasteiger partial charge in [0.1, 0.15) is 11.4 Å². The Hall–Kier alpha value is -3.40. The van der Waals surface area contributed by atoms with Crippen LogP contribution in [-0.4, -0.2) is 50.9 Å². The Morgan fingerprint density at radius 2 is 2.10 bits per heavy atom. The first-order valence-corrected chi connectivity index (χ1v) is 11.0. The van der Waals surface area contributed by atoms with E-state index in [1.807, 2.05) is 49.4 Å². The summed E-state index contributed by atoms with van der Waals surface area (Å²) in [6.07, 6.45) is 1.42. The number of nitrogens with one attached hydrogen (secondary N) is 1. The minimum absolute atomic E-state index is 0.109. The predicted octanol–water partition coefficient (Wildman–Crippen LogP) is 2.92. The second-order valence-corrected chi connectivity index (χ2v) is 7.75. The Labute approximate surface area is 183 Å². The molecule has 0 unspecified atom stereocenters. The molecule has 0 aliphatic carbocycles. The number of anilines is 2. The second-order valence-electron chi connectivity index (χ2n) is 6.81. The average Bonchev–Trinajstić information content (AvgIpc) is 3.42. The molecule has 0 spiro atoms. The minimum atomic E-state index is -0.192. The third kappa shape index (κ3) is 4.85. The van der Waals surface area contributed by atoms with Crippen molar-refractivity contribution in [3.05, 3.63) is 48.5 Å². The molecule has 4 rings (SSSR count). The zero-order chi connectivity index (χ0) is 21.6. The number of tetrazole rings is 1. The van der Waals surface area contributed by atoms with Gasteiger partial charge >= 0.3 is 0 Å². The first-order chi connectivity index (χ1) is 15.2. The van der Waals surface area contributed by atoms with Crippen molar-refractivity contribution in [1.82, 2.24) is 20.2 Å². The normalized spacial score (nSPS) is 13.5. The summed E-state index contributed by atoms with van der Waals surface area (Å²) < 4.78 is 7.21. The van der Waals surface area contributed by atoms with Crippen LogP contribution in [0.15, 0.2) is 53.7 Å². The molecule has 31 heavy (non-hydrogen) atoms. The highest BCUT2D eigenvalue weighted by Gasteiger charge is 2.22. The summed E-state index contributed by atoms with van der Waals surface area (Å²) in [5.74, 6) is 0.710. The molecule has 1 fully saturated rings. The summed E-state index contributed by atoms with van der Waals surface area (Å²) in [7, 11) is 0. The minimum Gasteiger partial charge on any atom is -0.492 e. The number of aromatic nitrogens is 4. The number of carbonyl (C=O) groups excluding carboxylic acids is 2. The number of ether oxygens (including phenoxy) is 1. The van der Waals surface area contributed by atoms with Gasteiger partial charge in [0.05, 0.1) is 12.4 Å². The van der Waals surface area contributed by atoms with Crippen LogP contribution < -0.4 is 15.0 Å². The molecule has 1 aliphatic rings. The number of carbonyl (C=O) groups is 2. The molecule has 1 aliphatic heterocycles. The highest BCUT2D eigenvalue weighted by atomic mass is 32.2. The van der Waals surface area contributed by atoms with Crippen molar-refractivity contribution >= 4 is 35.0 Å². The number of amides is 2. The first-order valence-electron chi connectivity index (χ1n) is 9.99. The zero-order valence-electron chi connectivity index (χ0n) is 17.0. The van der Waals surface area contributed by atoms with Gasteiger partial charge < -0.3 is 15.0 Å². The van der Waals surface area contributed by atoms with Crippen molar-refractivity contribution in [3.8, 4) is 11.4 Å². The monoisotopic (exact) mass is 438 g/mol. The number of hydrogen-bond donors (Lipinski definition) is 1. The lowest BCUT2D eigenvalue weighted by atomic mass is 10.2.